The molecule has 2 aromatic heterocycles. The van der Waals surface area contributed by atoms with Crippen LogP contribution in [0.5, 0.6) is 0 Å². The number of aromatic amines is 1. The molecule has 0 radical (unpaired) electrons. The van der Waals surface area contributed by atoms with Crippen LogP contribution in [0.1, 0.15) is 0 Å². The first kappa shape index (κ1) is 8.06. The maximum Gasteiger partial charge on any atom is 0.284 e. The van der Waals surface area contributed by atoms with Crippen molar-refractivity contribution >= 4 is 12.2 Å². The highest BCUT2D eigenvalue weighted by molar-refractivity contribution is 7.71. The summed E-state index contributed by atoms with van der Waals surface area (Å²) in [5.74, 6) is -0.210. The molecule has 0 aliphatic carbocycles. The van der Waals surface area contributed by atoms with Crippen molar-refractivity contribution in [1.29, 1.82) is 0 Å². The summed E-state index contributed by atoms with van der Waals surface area (Å²) in [7, 11) is 0. The van der Waals surface area contributed by atoms with E-state index >= 15 is 0 Å². The van der Waals surface area contributed by atoms with Crippen molar-refractivity contribution in [3.8, 4) is 11.5 Å². The smallest absolute Gasteiger partial charge is 0.284 e. The Labute approximate surface area is 77.4 Å². The van der Waals surface area contributed by atoms with E-state index in [9.17, 15) is 4.39 Å². The van der Waals surface area contributed by atoms with E-state index in [1.165, 1.54) is 12.3 Å². The Kier molecular flexibility index (Phi) is 1.90. The van der Waals surface area contributed by atoms with Gasteiger partial charge < -0.3 is 4.42 Å². The van der Waals surface area contributed by atoms with Crippen LogP contribution in [0.3, 0.4) is 0 Å². The van der Waals surface area contributed by atoms with Crippen molar-refractivity contribution in [2.45, 2.75) is 0 Å². The monoisotopic (exact) mass is 197 g/mol. The molecule has 4 nitrogen and oxygen atoms in total. The van der Waals surface area contributed by atoms with E-state index in [0.717, 1.165) is 6.20 Å². The van der Waals surface area contributed by atoms with Gasteiger partial charge in [0.05, 0.1) is 11.8 Å². The van der Waals surface area contributed by atoms with Gasteiger partial charge in [-0.25, -0.2) is 9.49 Å². The molecule has 0 bridgehead atoms. The molecule has 13 heavy (non-hydrogen) atoms. The molecule has 66 valence electrons. The molecule has 0 aliphatic rings. The van der Waals surface area contributed by atoms with Crippen molar-refractivity contribution < 1.29 is 8.81 Å². The maximum atomic E-state index is 12.7. The summed E-state index contributed by atoms with van der Waals surface area (Å²) in [4.78, 5) is 3.80. The highest BCUT2D eigenvalue weighted by Crippen LogP contribution is 2.15. The van der Waals surface area contributed by atoms with Crippen molar-refractivity contribution in [2.24, 2.45) is 0 Å². The second-order valence-corrected chi connectivity index (χ2v) is 2.68. The van der Waals surface area contributed by atoms with Crippen LogP contribution in [0, 0.1) is 10.7 Å². The van der Waals surface area contributed by atoms with Crippen LogP contribution in [-0.2, 0) is 0 Å². The summed E-state index contributed by atoms with van der Waals surface area (Å²) in [5, 5.41) is 6.16. The molecular formula is C7H4FN3OS. The second-order valence-electron chi connectivity index (χ2n) is 2.31. The topological polar surface area (TPSA) is 54.7 Å². The number of nitrogens with one attached hydrogen (secondary N) is 1. The van der Waals surface area contributed by atoms with Crippen LogP contribution in [-0.4, -0.2) is 15.2 Å². The summed E-state index contributed by atoms with van der Waals surface area (Å²) in [6.45, 7) is 0. The van der Waals surface area contributed by atoms with E-state index in [1.807, 2.05) is 0 Å². The van der Waals surface area contributed by atoms with Gasteiger partial charge in [0, 0.05) is 6.20 Å². The quantitative estimate of drug-likeness (QED) is 0.710. The zero-order valence-electron chi connectivity index (χ0n) is 6.32. The first-order chi connectivity index (χ1) is 6.25. The lowest BCUT2D eigenvalue weighted by molar-refractivity contribution is 0.550. The molecule has 0 fully saturated rings. The fraction of sp³-hybridized carbons (Fsp3) is 0. The number of H-pyrrole nitrogens is 1. The normalized spacial score (nSPS) is 10.2. The molecule has 0 aliphatic heterocycles. The van der Waals surface area contributed by atoms with Gasteiger partial charge >= 0.3 is 0 Å². The Morgan fingerprint density at radius 2 is 2.31 bits per heavy atom. The lowest BCUT2D eigenvalue weighted by Crippen LogP contribution is -1.82. The Bertz CT molecular complexity index is 478. The minimum Gasteiger partial charge on any atom is -0.409 e. The molecule has 6 heteroatoms. The number of halogens is 1. The number of pyridine rings is 1. The summed E-state index contributed by atoms with van der Waals surface area (Å²) in [6, 6.07) is 1.27. The van der Waals surface area contributed by atoms with Crippen LogP contribution in [0.2, 0.25) is 0 Å². The second kappa shape index (κ2) is 3.06. The third kappa shape index (κ3) is 1.62. The van der Waals surface area contributed by atoms with Gasteiger partial charge in [-0.1, -0.05) is 0 Å². The number of rotatable bonds is 1. The number of nitrogens with zero attached hydrogens (tertiary/aromatic N) is 2. The van der Waals surface area contributed by atoms with Crippen LogP contribution in [0.4, 0.5) is 4.39 Å². The van der Waals surface area contributed by atoms with E-state index in [-0.39, 0.29) is 10.7 Å². The zero-order valence-corrected chi connectivity index (χ0v) is 7.14. The van der Waals surface area contributed by atoms with Gasteiger partial charge in [-0.3, -0.25) is 4.98 Å². The van der Waals surface area contributed by atoms with Gasteiger partial charge in [-0.2, -0.15) is 0 Å². The summed E-state index contributed by atoms with van der Waals surface area (Å²) in [5.41, 5.74) is 0.451. The molecule has 2 rings (SSSR count). The van der Waals surface area contributed by atoms with Crippen molar-refractivity contribution in [3.63, 3.8) is 0 Å². The predicted molar refractivity (Wildman–Crippen MR) is 44.9 cm³/mol. The molecule has 1 N–H and O–H groups in total. The molecule has 0 amide bonds. The molecule has 0 saturated heterocycles. The Morgan fingerprint density at radius 1 is 1.46 bits per heavy atom. The van der Waals surface area contributed by atoms with Crippen LogP contribution in [0.25, 0.3) is 11.5 Å². The first-order valence-electron chi connectivity index (χ1n) is 3.42. The lowest BCUT2D eigenvalue weighted by atomic mass is 10.3. The van der Waals surface area contributed by atoms with Crippen LogP contribution >= 0.6 is 12.2 Å². The Hall–Kier alpha value is -1.56. The van der Waals surface area contributed by atoms with Crippen molar-refractivity contribution in [3.05, 3.63) is 29.1 Å². The summed E-state index contributed by atoms with van der Waals surface area (Å²) >= 11 is 4.67. The summed E-state index contributed by atoms with van der Waals surface area (Å²) in [6.07, 6.45) is 2.54. The standard InChI is InChI=1S/C7H4FN3OS/c8-5-1-4(2-9-3-5)6-10-11-7(13)12-6/h1-3H,(H,11,13). The van der Waals surface area contributed by atoms with Gasteiger partial charge in [0.15, 0.2) is 0 Å². The first-order valence-corrected chi connectivity index (χ1v) is 3.83. The lowest BCUT2D eigenvalue weighted by Gasteiger charge is -1.91. The summed E-state index contributed by atoms with van der Waals surface area (Å²) < 4.78 is 17.7. The molecular weight excluding hydrogens is 193 g/mol. The largest absolute Gasteiger partial charge is 0.409 e. The van der Waals surface area contributed by atoms with Crippen LogP contribution < -0.4 is 0 Å². The highest BCUT2D eigenvalue weighted by atomic mass is 32.1. The van der Waals surface area contributed by atoms with Gasteiger partial charge in [-0.05, 0) is 18.3 Å². The third-order valence-electron chi connectivity index (χ3n) is 1.39. The average molecular weight is 197 g/mol. The van der Waals surface area contributed by atoms with Gasteiger partial charge in [0.25, 0.3) is 4.84 Å². The minimum atomic E-state index is -0.443. The van der Waals surface area contributed by atoms with E-state index < -0.39 is 5.82 Å². The molecule has 0 aromatic carbocycles. The molecule has 0 atom stereocenters. The predicted octanol–water partition coefficient (Wildman–Crippen LogP) is 1.93. The third-order valence-corrected chi connectivity index (χ3v) is 1.56. The molecule has 0 unspecified atom stereocenters. The highest BCUT2D eigenvalue weighted by Gasteiger charge is 2.04. The SMILES string of the molecule is Fc1cncc(-c2n[nH]c(=S)o2)c1. The van der Waals surface area contributed by atoms with Crippen molar-refractivity contribution in [1.82, 2.24) is 15.2 Å². The van der Waals surface area contributed by atoms with Gasteiger partial charge in [0.2, 0.25) is 5.89 Å². The Morgan fingerprint density at radius 3 is 2.92 bits per heavy atom. The fourth-order valence-electron chi connectivity index (χ4n) is 0.882. The van der Waals surface area contributed by atoms with E-state index in [0.29, 0.717) is 5.56 Å². The van der Waals surface area contributed by atoms with E-state index in [2.05, 4.69) is 27.4 Å². The molecule has 2 aromatic rings. The zero-order chi connectivity index (χ0) is 9.26. The fourth-order valence-corrected chi connectivity index (χ4v) is 1.01. The van der Waals surface area contributed by atoms with E-state index in [4.69, 9.17) is 4.42 Å². The Balaban J connectivity index is 2.52. The number of hydrogen-bond acceptors (Lipinski definition) is 4. The minimum absolute atomic E-state index is 0.152. The van der Waals surface area contributed by atoms with Crippen molar-refractivity contribution in [2.75, 3.05) is 0 Å². The van der Waals surface area contributed by atoms with Gasteiger partial charge in [0.1, 0.15) is 5.82 Å². The number of aromatic nitrogens is 3. The van der Waals surface area contributed by atoms with Crippen LogP contribution in [0.15, 0.2) is 22.9 Å². The maximum absolute atomic E-state index is 12.7. The molecule has 0 saturated carbocycles. The van der Waals surface area contributed by atoms with Gasteiger partial charge in [-0.15, -0.1) is 5.10 Å². The molecule has 0 spiro atoms. The number of hydrogen-bond donors (Lipinski definition) is 1. The molecule has 2 heterocycles. The average Bonchev–Trinajstić information content (AvgIpc) is 2.52. The van der Waals surface area contributed by atoms with E-state index in [1.54, 1.807) is 0 Å².